The Hall–Kier alpha value is -3.35. The minimum Gasteiger partial charge on any atom is -0.483 e. The normalized spacial score (nSPS) is 10.8. The van der Waals surface area contributed by atoms with E-state index in [-0.39, 0.29) is 23.1 Å². The van der Waals surface area contributed by atoms with Gasteiger partial charge >= 0.3 is 5.97 Å². The van der Waals surface area contributed by atoms with Crippen LogP contribution in [0.2, 0.25) is 10.0 Å². The summed E-state index contributed by atoms with van der Waals surface area (Å²) in [4.78, 5) is 24.2. The molecule has 0 spiro atoms. The third kappa shape index (κ3) is 6.33. The molecule has 0 aliphatic heterocycles. The molecule has 0 unspecified atom stereocenters. The van der Waals surface area contributed by atoms with E-state index in [1.54, 1.807) is 30.3 Å². The van der Waals surface area contributed by atoms with Gasteiger partial charge in [-0.25, -0.2) is 10.2 Å². The summed E-state index contributed by atoms with van der Waals surface area (Å²) in [6.07, 6.45) is 1.47. The van der Waals surface area contributed by atoms with E-state index in [2.05, 4.69) is 10.5 Å². The molecule has 0 bridgehead atoms. The zero-order valence-corrected chi connectivity index (χ0v) is 18.9. The van der Waals surface area contributed by atoms with Crippen LogP contribution in [0.3, 0.4) is 0 Å². The van der Waals surface area contributed by atoms with Crippen molar-refractivity contribution in [1.29, 1.82) is 0 Å². The molecule has 0 saturated carbocycles. The number of hydrogen-bond donors (Lipinski definition) is 1. The second-order valence-corrected chi connectivity index (χ2v) is 7.71. The van der Waals surface area contributed by atoms with Crippen LogP contribution in [0.25, 0.3) is 0 Å². The minimum absolute atomic E-state index is 0.149. The molecule has 0 atom stereocenters. The third-order valence-corrected chi connectivity index (χ3v) is 5.11. The van der Waals surface area contributed by atoms with Crippen molar-refractivity contribution in [3.05, 3.63) is 93.0 Å². The SMILES string of the molecule is Cc1cccc(OCC(=O)NN=Cc2ccc(OC(=O)c3ccc(Cl)cc3Cl)cc2)c1C. The molecule has 3 rings (SSSR count). The highest BCUT2D eigenvalue weighted by Crippen LogP contribution is 2.23. The zero-order chi connectivity index (χ0) is 23.1. The summed E-state index contributed by atoms with van der Waals surface area (Å²) in [6.45, 7) is 3.76. The molecule has 0 saturated heterocycles. The summed E-state index contributed by atoms with van der Waals surface area (Å²) in [5, 5.41) is 4.55. The van der Waals surface area contributed by atoms with Gasteiger partial charge in [-0.05, 0) is 79.1 Å². The third-order valence-electron chi connectivity index (χ3n) is 4.56. The molecule has 1 amide bonds. The fourth-order valence-corrected chi connectivity index (χ4v) is 3.16. The molecule has 3 aromatic rings. The number of carbonyl (C=O) groups excluding carboxylic acids is 2. The van der Waals surface area contributed by atoms with Crippen molar-refractivity contribution < 1.29 is 19.1 Å². The number of aryl methyl sites for hydroxylation is 1. The molecule has 32 heavy (non-hydrogen) atoms. The van der Waals surface area contributed by atoms with E-state index in [4.69, 9.17) is 32.7 Å². The molecule has 1 N–H and O–H groups in total. The number of ether oxygens (including phenoxy) is 2. The predicted octanol–water partition coefficient (Wildman–Crippen LogP) is 5.36. The van der Waals surface area contributed by atoms with Crippen molar-refractivity contribution in [2.75, 3.05) is 6.61 Å². The molecular formula is C24H20Cl2N2O4. The van der Waals surface area contributed by atoms with Crippen LogP contribution in [0.15, 0.2) is 65.8 Å². The van der Waals surface area contributed by atoms with Crippen LogP contribution in [-0.4, -0.2) is 24.7 Å². The molecule has 8 heteroatoms. The lowest BCUT2D eigenvalue weighted by Crippen LogP contribution is -2.24. The van der Waals surface area contributed by atoms with Gasteiger partial charge in [-0.15, -0.1) is 0 Å². The van der Waals surface area contributed by atoms with Gasteiger partial charge < -0.3 is 9.47 Å². The molecule has 0 heterocycles. The second-order valence-electron chi connectivity index (χ2n) is 6.86. The molecule has 0 aromatic heterocycles. The van der Waals surface area contributed by atoms with Gasteiger partial charge in [0.1, 0.15) is 11.5 Å². The van der Waals surface area contributed by atoms with E-state index >= 15 is 0 Å². The van der Waals surface area contributed by atoms with E-state index in [9.17, 15) is 9.59 Å². The van der Waals surface area contributed by atoms with Gasteiger partial charge in [0.25, 0.3) is 5.91 Å². The maximum Gasteiger partial charge on any atom is 0.345 e. The van der Waals surface area contributed by atoms with Crippen molar-refractivity contribution in [3.8, 4) is 11.5 Å². The Balaban J connectivity index is 1.50. The van der Waals surface area contributed by atoms with Crippen molar-refractivity contribution >= 4 is 41.3 Å². The molecular weight excluding hydrogens is 451 g/mol. The molecule has 3 aromatic carbocycles. The van der Waals surface area contributed by atoms with Gasteiger partial charge in [0.05, 0.1) is 16.8 Å². The van der Waals surface area contributed by atoms with Crippen LogP contribution in [0.4, 0.5) is 0 Å². The first-order valence-corrected chi connectivity index (χ1v) is 10.4. The molecule has 0 fully saturated rings. The Labute approximate surface area is 195 Å². The minimum atomic E-state index is -0.593. The Bertz CT molecular complexity index is 1160. The smallest absolute Gasteiger partial charge is 0.345 e. The first-order valence-electron chi connectivity index (χ1n) is 9.61. The number of hydrogen-bond acceptors (Lipinski definition) is 5. The van der Waals surface area contributed by atoms with Crippen LogP contribution in [-0.2, 0) is 4.79 Å². The van der Waals surface area contributed by atoms with Crippen LogP contribution in [0.5, 0.6) is 11.5 Å². The van der Waals surface area contributed by atoms with E-state index in [1.807, 2.05) is 32.0 Å². The van der Waals surface area contributed by atoms with Gasteiger partial charge in [0, 0.05) is 5.02 Å². The Kier molecular flexibility index (Phi) is 7.87. The van der Waals surface area contributed by atoms with Crippen LogP contribution in [0.1, 0.15) is 27.0 Å². The van der Waals surface area contributed by atoms with Gasteiger partial charge in [-0.1, -0.05) is 35.3 Å². The predicted molar refractivity (Wildman–Crippen MR) is 125 cm³/mol. The van der Waals surface area contributed by atoms with E-state index in [1.165, 1.54) is 18.3 Å². The summed E-state index contributed by atoms with van der Waals surface area (Å²) in [7, 11) is 0. The van der Waals surface area contributed by atoms with Gasteiger partial charge in [0.2, 0.25) is 0 Å². The summed E-state index contributed by atoms with van der Waals surface area (Å²) in [5.74, 6) is 0.0232. The fourth-order valence-electron chi connectivity index (χ4n) is 2.67. The first-order chi connectivity index (χ1) is 15.3. The lowest BCUT2D eigenvalue weighted by atomic mass is 10.1. The van der Waals surface area contributed by atoms with Crippen LogP contribution >= 0.6 is 23.2 Å². The zero-order valence-electron chi connectivity index (χ0n) is 17.4. The van der Waals surface area contributed by atoms with Crippen molar-refractivity contribution in [2.24, 2.45) is 5.10 Å². The largest absolute Gasteiger partial charge is 0.483 e. The van der Waals surface area contributed by atoms with E-state index < -0.39 is 5.97 Å². The number of halogens is 2. The lowest BCUT2D eigenvalue weighted by molar-refractivity contribution is -0.123. The number of benzene rings is 3. The summed E-state index contributed by atoms with van der Waals surface area (Å²) < 4.78 is 10.8. The van der Waals surface area contributed by atoms with Gasteiger partial charge in [0.15, 0.2) is 6.61 Å². The number of esters is 1. The monoisotopic (exact) mass is 470 g/mol. The number of hydrazone groups is 1. The van der Waals surface area contributed by atoms with Gasteiger partial charge in [-0.3, -0.25) is 4.79 Å². The molecule has 164 valence electrons. The second kappa shape index (κ2) is 10.8. The number of nitrogens with one attached hydrogen (secondary N) is 1. The maximum atomic E-state index is 12.2. The Morgan fingerprint density at radius 1 is 1.03 bits per heavy atom. The van der Waals surface area contributed by atoms with E-state index in [0.29, 0.717) is 22.1 Å². The molecule has 0 aliphatic carbocycles. The standard InChI is InChI=1S/C24H20Cl2N2O4/c1-15-4-3-5-22(16(15)2)31-14-23(29)28-27-13-17-6-9-19(10-7-17)32-24(30)20-11-8-18(25)12-21(20)26/h3-13H,14H2,1-2H3,(H,28,29). The van der Waals surface area contributed by atoms with E-state index in [0.717, 1.165) is 11.1 Å². The average molecular weight is 471 g/mol. The number of rotatable bonds is 7. The number of carbonyl (C=O) groups is 2. The molecule has 0 radical (unpaired) electrons. The summed E-state index contributed by atoms with van der Waals surface area (Å²) in [6, 6.07) is 16.8. The van der Waals surface area contributed by atoms with Crippen molar-refractivity contribution in [1.82, 2.24) is 5.43 Å². The molecule has 6 nitrogen and oxygen atoms in total. The highest BCUT2D eigenvalue weighted by atomic mass is 35.5. The number of nitrogens with zero attached hydrogens (tertiary/aromatic N) is 1. The van der Waals surface area contributed by atoms with Crippen molar-refractivity contribution in [2.45, 2.75) is 13.8 Å². The molecule has 0 aliphatic rings. The van der Waals surface area contributed by atoms with Crippen LogP contribution < -0.4 is 14.9 Å². The maximum absolute atomic E-state index is 12.2. The summed E-state index contributed by atoms with van der Waals surface area (Å²) >= 11 is 11.9. The fraction of sp³-hybridized carbons (Fsp3) is 0.125. The highest BCUT2D eigenvalue weighted by molar-refractivity contribution is 6.36. The Morgan fingerprint density at radius 3 is 2.50 bits per heavy atom. The lowest BCUT2D eigenvalue weighted by Gasteiger charge is -2.09. The quantitative estimate of drug-likeness (QED) is 0.218. The summed E-state index contributed by atoms with van der Waals surface area (Å²) in [5.41, 5.74) is 5.40. The van der Waals surface area contributed by atoms with Gasteiger partial charge in [-0.2, -0.15) is 5.10 Å². The highest BCUT2D eigenvalue weighted by Gasteiger charge is 2.13. The van der Waals surface area contributed by atoms with Crippen molar-refractivity contribution in [3.63, 3.8) is 0 Å². The average Bonchev–Trinajstić information content (AvgIpc) is 2.76. The Morgan fingerprint density at radius 2 is 1.78 bits per heavy atom. The van der Waals surface area contributed by atoms with Crippen LogP contribution in [0, 0.1) is 13.8 Å². The topological polar surface area (TPSA) is 77.0 Å². The number of amides is 1. The first kappa shape index (κ1) is 23.3.